The lowest BCUT2D eigenvalue weighted by molar-refractivity contribution is -0.123. The molecular formula is C36H38Br2N2O8. The number of carbonyl (C=O) groups is 3. The number of primary amides is 2. The van der Waals surface area contributed by atoms with Crippen molar-refractivity contribution in [3.05, 3.63) is 67.6 Å². The van der Waals surface area contributed by atoms with Crippen molar-refractivity contribution in [2.75, 3.05) is 14.2 Å². The van der Waals surface area contributed by atoms with Gasteiger partial charge in [-0.1, -0.05) is 50.1 Å². The number of nitrogens with two attached hydrogens (primary N) is 2. The number of aliphatic hydroxyl groups is 1. The van der Waals surface area contributed by atoms with E-state index in [1.54, 1.807) is 20.3 Å². The van der Waals surface area contributed by atoms with Gasteiger partial charge in [0.2, 0.25) is 11.8 Å². The molecule has 10 nitrogen and oxygen atoms in total. The van der Waals surface area contributed by atoms with E-state index in [9.17, 15) is 19.5 Å². The third-order valence-electron chi connectivity index (χ3n) is 11.1. The molecule has 0 radical (unpaired) electrons. The van der Waals surface area contributed by atoms with Crippen molar-refractivity contribution < 1.29 is 38.4 Å². The third-order valence-corrected chi connectivity index (χ3v) is 12.5. The molecular weight excluding hydrogens is 748 g/mol. The summed E-state index contributed by atoms with van der Waals surface area (Å²) in [6, 6.07) is 3.82. The SMILES string of the molecule is COc1cc(Br)c2c3c1OC1CC(=O)C=CC31CC(C(N)=O)CC2.COc1cc(Br)c2c3c1OC1C[C@@H](O)C=CC31CC(C(N)=O)CC2. The molecule has 0 aromatic heterocycles. The van der Waals surface area contributed by atoms with Crippen LogP contribution in [-0.2, 0) is 38.1 Å². The Morgan fingerprint density at radius 2 is 1.35 bits per heavy atom. The maximum absolute atomic E-state index is 12.0. The Hall–Kier alpha value is -3.35. The Bertz CT molecular complexity index is 1790. The van der Waals surface area contributed by atoms with Crippen molar-refractivity contribution in [2.45, 2.75) is 80.5 Å². The van der Waals surface area contributed by atoms with Gasteiger partial charge >= 0.3 is 0 Å². The van der Waals surface area contributed by atoms with Gasteiger partial charge in [-0.05, 0) is 67.9 Å². The number of aliphatic hydroxyl groups excluding tert-OH is 1. The van der Waals surface area contributed by atoms with Gasteiger partial charge in [0, 0.05) is 44.7 Å². The number of hydrogen-bond acceptors (Lipinski definition) is 8. The first-order valence-corrected chi connectivity index (χ1v) is 17.8. The molecule has 7 atom stereocenters. The molecule has 2 heterocycles. The summed E-state index contributed by atoms with van der Waals surface area (Å²) in [5.74, 6) is 1.78. The lowest BCUT2D eigenvalue weighted by Gasteiger charge is -2.37. The fourth-order valence-corrected chi connectivity index (χ4v) is 10.0. The molecule has 6 aliphatic rings. The van der Waals surface area contributed by atoms with Crippen LogP contribution in [0.2, 0.25) is 0 Å². The van der Waals surface area contributed by atoms with Crippen LogP contribution in [0.4, 0.5) is 0 Å². The Balaban J connectivity index is 0.000000152. The van der Waals surface area contributed by atoms with E-state index in [0.29, 0.717) is 49.4 Å². The molecule has 0 fully saturated rings. The summed E-state index contributed by atoms with van der Waals surface area (Å²) >= 11 is 7.29. The Morgan fingerprint density at radius 3 is 1.85 bits per heavy atom. The van der Waals surface area contributed by atoms with Gasteiger partial charge in [-0.25, -0.2) is 0 Å². The number of carbonyl (C=O) groups excluding carboxylic acids is 3. The van der Waals surface area contributed by atoms with Gasteiger partial charge in [0.1, 0.15) is 12.2 Å². The van der Waals surface area contributed by atoms with Crippen LogP contribution in [0.15, 0.2) is 45.4 Å². The summed E-state index contributed by atoms with van der Waals surface area (Å²) in [4.78, 5) is 35.8. The van der Waals surface area contributed by atoms with Crippen LogP contribution in [0.3, 0.4) is 0 Å². The largest absolute Gasteiger partial charge is 0.493 e. The van der Waals surface area contributed by atoms with E-state index >= 15 is 0 Å². The van der Waals surface area contributed by atoms with Gasteiger partial charge < -0.3 is 35.5 Å². The summed E-state index contributed by atoms with van der Waals surface area (Å²) in [5.41, 5.74) is 14.8. The number of benzene rings is 2. The standard InChI is InChI=1S/C18H20BrNO4.C18H18BrNO4/c2*1-23-13-7-12(19)11-3-2-9(17(20)22)8-18-5-4-10(21)6-14(18)24-16(13)15(11)18/h4-5,7,9-10,14,21H,2-3,6,8H2,1H3,(H2,20,22);4-5,7,9,14H,2-3,6,8H2,1H3,(H2,20,22)/t9?,10-,14?,18?;/m0./s1. The third kappa shape index (κ3) is 5.08. The van der Waals surface area contributed by atoms with Crippen LogP contribution in [-0.4, -0.2) is 55.2 Å². The van der Waals surface area contributed by atoms with Crippen LogP contribution >= 0.6 is 31.9 Å². The second-order valence-corrected chi connectivity index (χ2v) is 15.3. The average molecular weight is 787 g/mol. The van der Waals surface area contributed by atoms with Crippen LogP contribution in [0.25, 0.3) is 0 Å². The molecule has 4 aliphatic carbocycles. The van der Waals surface area contributed by atoms with E-state index in [-0.39, 0.29) is 41.6 Å². The second-order valence-electron chi connectivity index (χ2n) is 13.6. The normalized spacial score (nSPS) is 31.7. The number of ether oxygens (including phenoxy) is 4. The molecule has 2 spiro atoms. The summed E-state index contributed by atoms with van der Waals surface area (Å²) < 4.78 is 25.4. The van der Waals surface area contributed by atoms with Gasteiger partial charge in [0.15, 0.2) is 28.8 Å². The zero-order chi connectivity index (χ0) is 34.1. The number of allylic oxidation sites excluding steroid dienone is 1. The zero-order valence-electron chi connectivity index (χ0n) is 26.7. The highest BCUT2D eigenvalue weighted by Gasteiger charge is 2.56. The average Bonchev–Trinajstić information content (AvgIpc) is 3.39. The Labute approximate surface area is 295 Å². The molecule has 2 aromatic carbocycles. The number of ketones is 1. The minimum absolute atomic E-state index is 0.0397. The molecule has 8 rings (SSSR count). The summed E-state index contributed by atoms with van der Waals surface area (Å²) in [7, 11) is 3.23. The van der Waals surface area contributed by atoms with Gasteiger partial charge in [0.25, 0.3) is 0 Å². The minimum atomic E-state index is -0.539. The Morgan fingerprint density at radius 1 is 0.854 bits per heavy atom. The highest BCUT2D eigenvalue weighted by molar-refractivity contribution is 9.10. The molecule has 254 valence electrons. The Kier molecular flexibility index (Phi) is 8.43. The molecule has 6 unspecified atom stereocenters. The smallest absolute Gasteiger partial charge is 0.220 e. The van der Waals surface area contributed by atoms with Crippen molar-refractivity contribution >= 4 is 49.5 Å². The lowest BCUT2D eigenvalue weighted by Crippen LogP contribution is -2.44. The fraction of sp³-hybridized carbons (Fsp3) is 0.472. The van der Waals surface area contributed by atoms with Crippen molar-refractivity contribution in [2.24, 2.45) is 23.3 Å². The van der Waals surface area contributed by atoms with Gasteiger partial charge in [-0.3, -0.25) is 14.4 Å². The van der Waals surface area contributed by atoms with Gasteiger partial charge in [0.05, 0.1) is 31.2 Å². The van der Waals surface area contributed by atoms with Crippen LogP contribution < -0.4 is 30.4 Å². The quantitative estimate of drug-likeness (QED) is 0.379. The highest BCUT2D eigenvalue weighted by atomic mass is 79.9. The van der Waals surface area contributed by atoms with E-state index in [1.807, 2.05) is 30.4 Å². The minimum Gasteiger partial charge on any atom is -0.493 e. The van der Waals surface area contributed by atoms with Crippen LogP contribution in [0.1, 0.15) is 60.8 Å². The molecule has 0 saturated heterocycles. The number of amides is 2. The van der Waals surface area contributed by atoms with E-state index < -0.39 is 16.9 Å². The first kappa shape index (κ1) is 33.2. The van der Waals surface area contributed by atoms with E-state index in [2.05, 4.69) is 31.9 Å². The summed E-state index contributed by atoms with van der Waals surface area (Å²) in [6.45, 7) is 0. The molecule has 0 saturated carbocycles. The molecule has 2 amide bonds. The molecule has 2 aromatic rings. The fourth-order valence-electron chi connectivity index (χ4n) is 8.80. The first-order chi connectivity index (χ1) is 22.9. The highest BCUT2D eigenvalue weighted by Crippen LogP contribution is 2.60. The number of hydrogen-bond donors (Lipinski definition) is 3. The predicted molar refractivity (Wildman–Crippen MR) is 183 cm³/mol. The van der Waals surface area contributed by atoms with Crippen LogP contribution in [0.5, 0.6) is 23.0 Å². The molecule has 2 aliphatic heterocycles. The van der Waals surface area contributed by atoms with Crippen molar-refractivity contribution in [3.63, 3.8) is 0 Å². The predicted octanol–water partition coefficient (Wildman–Crippen LogP) is 4.64. The second kappa shape index (κ2) is 12.2. The number of rotatable bonds is 4. The maximum Gasteiger partial charge on any atom is 0.220 e. The summed E-state index contributed by atoms with van der Waals surface area (Å²) in [6.07, 6.45) is 11.2. The molecule has 12 heteroatoms. The molecule has 48 heavy (non-hydrogen) atoms. The number of halogens is 2. The molecule has 0 bridgehead atoms. The van der Waals surface area contributed by atoms with Gasteiger partial charge in [-0.15, -0.1) is 0 Å². The van der Waals surface area contributed by atoms with E-state index in [4.69, 9.17) is 30.4 Å². The topological polar surface area (TPSA) is 160 Å². The molecule has 5 N–H and O–H groups in total. The van der Waals surface area contributed by atoms with Gasteiger partial charge in [-0.2, -0.15) is 0 Å². The van der Waals surface area contributed by atoms with Crippen LogP contribution in [0, 0.1) is 11.8 Å². The maximum atomic E-state index is 12.0. The lowest BCUT2D eigenvalue weighted by atomic mass is 9.67. The van der Waals surface area contributed by atoms with Crippen molar-refractivity contribution in [1.29, 1.82) is 0 Å². The van der Waals surface area contributed by atoms with E-state index in [0.717, 1.165) is 56.2 Å². The van der Waals surface area contributed by atoms with Crippen molar-refractivity contribution in [1.82, 2.24) is 0 Å². The van der Waals surface area contributed by atoms with Crippen molar-refractivity contribution in [3.8, 4) is 23.0 Å². The van der Waals surface area contributed by atoms with E-state index in [1.165, 1.54) is 0 Å². The summed E-state index contributed by atoms with van der Waals surface area (Å²) in [5, 5.41) is 10.1. The zero-order valence-corrected chi connectivity index (χ0v) is 29.9. The number of methoxy groups -OCH3 is 2. The monoisotopic (exact) mass is 784 g/mol. The first-order valence-electron chi connectivity index (χ1n) is 16.2.